The van der Waals surface area contributed by atoms with E-state index in [2.05, 4.69) is 36.4 Å². The lowest BCUT2D eigenvalue weighted by molar-refractivity contribution is -0.125. The predicted molar refractivity (Wildman–Crippen MR) is 169 cm³/mol. The molecular weight excluding hydrogens is 546 g/mol. The molecule has 2 amide bonds. The number of carbonyl (C=O) groups is 2. The van der Waals surface area contributed by atoms with Gasteiger partial charge < -0.3 is 30.0 Å². The summed E-state index contributed by atoms with van der Waals surface area (Å²) in [6.07, 6.45) is 5.25. The standard InChI is InChI=1S/C34H53N3O6/c1-9-10-15-36-32(39)24(4)18-29(38)28(37-33(40)43-34(5,6)7)21-27(23(2)3)19-26-11-12-30(41-8)31(20-26)42-22-25-13-16-35-17-14-25/h11-14,16-17,20,23-24,27-29,38H,9-10,15,18-19,21-22H2,1-8H3,(H,36,39)(H,37,40)/t24-,27+,28+,29+/m1/s1. The van der Waals surface area contributed by atoms with Gasteiger partial charge in [-0.15, -0.1) is 0 Å². The van der Waals surface area contributed by atoms with Gasteiger partial charge in [0.15, 0.2) is 11.5 Å². The molecule has 9 nitrogen and oxygen atoms in total. The zero-order valence-electron chi connectivity index (χ0n) is 27.3. The lowest BCUT2D eigenvalue weighted by Crippen LogP contribution is -2.48. The Balaban J connectivity index is 2.22. The monoisotopic (exact) mass is 599 g/mol. The highest BCUT2D eigenvalue weighted by molar-refractivity contribution is 5.78. The second-order valence-corrected chi connectivity index (χ2v) is 12.7. The summed E-state index contributed by atoms with van der Waals surface area (Å²) in [5.74, 6) is 1.13. The largest absolute Gasteiger partial charge is 0.493 e. The van der Waals surface area contributed by atoms with Crippen molar-refractivity contribution in [2.45, 2.75) is 105 Å². The smallest absolute Gasteiger partial charge is 0.407 e. The van der Waals surface area contributed by atoms with Crippen molar-refractivity contribution in [3.8, 4) is 11.5 Å². The summed E-state index contributed by atoms with van der Waals surface area (Å²) >= 11 is 0. The molecular formula is C34H53N3O6. The van der Waals surface area contributed by atoms with Crippen LogP contribution in [0.4, 0.5) is 4.79 Å². The topological polar surface area (TPSA) is 119 Å². The SMILES string of the molecule is CCCCNC(=O)[C@H](C)C[C@H](O)[C@H](C[C@H](Cc1ccc(OC)c(OCc2ccncc2)c1)C(C)C)NC(=O)OC(C)(C)C. The molecule has 0 saturated carbocycles. The van der Waals surface area contributed by atoms with E-state index in [-0.39, 0.29) is 24.2 Å². The lowest BCUT2D eigenvalue weighted by atomic mass is 9.82. The summed E-state index contributed by atoms with van der Waals surface area (Å²) in [5.41, 5.74) is 1.37. The molecule has 2 aromatic rings. The van der Waals surface area contributed by atoms with E-state index in [1.54, 1.807) is 47.2 Å². The number of benzene rings is 1. The summed E-state index contributed by atoms with van der Waals surface area (Å²) in [6, 6.07) is 9.12. The second kappa shape index (κ2) is 17.7. The molecule has 1 aromatic carbocycles. The van der Waals surface area contributed by atoms with E-state index in [0.717, 1.165) is 24.0 Å². The van der Waals surface area contributed by atoms with E-state index >= 15 is 0 Å². The Bertz CT molecular complexity index is 1120. The number of aromatic nitrogens is 1. The molecule has 0 aliphatic rings. The summed E-state index contributed by atoms with van der Waals surface area (Å²) in [6.45, 7) is 14.5. The van der Waals surface area contributed by atoms with Crippen LogP contribution in [0, 0.1) is 17.8 Å². The van der Waals surface area contributed by atoms with Crippen molar-refractivity contribution in [3.63, 3.8) is 0 Å². The van der Waals surface area contributed by atoms with Gasteiger partial charge in [-0.05, 0) is 93.7 Å². The number of aliphatic hydroxyl groups is 1. The van der Waals surface area contributed by atoms with E-state index < -0.39 is 29.8 Å². The lowest BCUT2D eigenvalue weighted by Gasteiger charge is -2.32. The van der Waals surface area contributed by atoms with Crippen molar-refractivity contribution >= 4 is 12.0 Å². The Labute approximate surface area is 258 Å². The fourth-order valence-corrected chi connectivity index (χ4v) is 4.79. The number of amides is 2. The molecule has 240 valence electrons. The number of unbranched alkanes of at least 4 members (excludes halogenated alkanes) is 1. The fraction of sp³-hybridized carbons (Fsp3) is 0.618. The normalized spacial score (nSPS) is 14.4. The first-order valence-corrected chi connectivity index (χ1v) is 15.5. The fourth-order valence-electron chi connectivity index (χ4n) is 4.79. The number of hydrogen-bond donors (Lipinski definition) is 3. The highest BCUT2D eigenvalue weighted by atomic mass is 16.6. The average Bonchev–Trinajstić information content (AvgIpc) is 2.94. The van der Waals surface area contributed by atoms with Crippen LogP contribution in [0.2, 0.25) is 0 Å². The molecule has 0 bridgehead atoms. The zero-order valence-corrected chi connectivity index (χ0v) is 27.3. The van der Waals surface area contributed by atoms with Crippen LogP contribution >= 0.6 is 0 Å². The van der Waals surface area contributed by atoms with Gasteiger partial charge >= 0.3 is 6.09 Å². The van der Waals surface area contributed by atoms with Gasteiger partial charge in [-0.25, -0.2) is 4.79 Å². The average molecular weight is 600 g/mol. The number of pyridine rings is 1. The third-order valence-electron chi connectivity index (χ3n) is 7.41. The number of carbonyl (C=O) groups excluding carboxylic acids is 2. The van der Waals surface area contributed by atoms with Crippen LogP contribution in [0.3, 0.4) is 0 Å². The molecule has 43 heavy (non-hydrogen) atoms. The Hall–Kier alpha value is -3.33. The predicted octanol–water partition coefficient (Wildman–Crippen LogP) is 6.07. The minimum Gasteiger partial charge on any atom is -0.493 e. The van der Waals surface area contributed by atoms with Gasteiger partial charge in [-0.1, -0.05) is 40.2 Å². The van der Waals surface area contributed by atoms with Crippen molar-refractivity contribution < 1.29 is 28.9 Å². The van der Waals surface area contributed by atoms with Gasteiger partial charge in [0.25, 0.3) is 0 Å². The maximum atomic E-state index is 12.8. The highest BCUT2D eigenvalue weighted by Gasteiger charge is 2.31. The van der Waals surface area contributed by atoms with Crippen molar-refractivity contribution in [2.75, 3.05) is 13.7 Å². The molecule has 0 spiro atoms. The summed E-state index contributed by atoms with van der Waals surface area (Å²) in [4.78, 5) is 29.5. The van der Waals surface area contributed by atoms with Gasteiger partial charge in [0.2, 0.25) is 5.91 Å². The van der Waals surface area contributed by atoms with Crippen LogP contribution in [0.15, 0.2) is 42.7 Å². The number of aliphatic hydroxyl groups excluding tert-OH is 1. The summed E-state index contributed by atoms with van der Waals surface area (Å²) in [7, 11) is 1.62. The Kier molecular flexibility index (Phi) is 14.8. The third-order valence-corrected chi connectivity index (χ3v) is 7.41. The maximum Gasteiger partial charge on any atom is 0.407 e. The maximum absolute atomic E-state index is 12.8. The molecule has 9 heteroatoms. The van der Waals surface area contributed by atoms with Crippen LogP contribution in [0.1, 0.15) is 85.3 Å². The molecule has 0 radical (unpaired) electrons. The molecule has 0 aliphatic heterocycles. The summed E-state index contributed by atoms with van der Waals surface area (Å²) in [5, 5.41) is 17.2. The quantitative estimate of drug-likeness (QED) is 0.189. The van der Waals surface area contributed by atoms with Gasteiger partial charge in [-0.2, -0.15) is 0 Å². The molecule has 1 aromatic heterocycles. The van der Waals surface area contributed by atoms with E-state index in [1.807, 2.05) is 30.3 Å². The van der Waals surface area contributed by atoms with Gasteiger partial charge in [-0.3, -0.25) is 9.78 Å². The first-order valence-electron chi connectivity index (χ1n) is 15.5. The number of ether oxygens (including phenoxy) is 3. The van der Waals surface area contributed by atoms with Gasteiger partial charge in [0.05, 0.1) is 19.3 Å². The Morgan fingerprint density at radius 2 is 1.70 bits per heavy atom. The zero-order chi connectivity index (χ0) is 32.0. The molecule has 1 heterocycles. The molecule has 0 aliphatic carbocycles. The Morgan fingerprint density at radius 3 is 2.30 bits per heavy atom. The van der Waals surface area contributed by atoms with E-state index in [9.17, 15) is 14.7 Å². The molecule has 0 fully saturated rings. The van der Waals surface area contributed by atoms with E-state index in [0.29, 0.717) is 37.5 Å². The van der Waals surface area contributed by atoms with Crippen LogP contribution in [0.25, 0.3) is 0 Å². The number of methoxy groups -OCH3 is 1. The van der Waals surface area contributed by atoms with Crippen LogP contribution in [-0.4, -0.2) is 53.5 Å². The first-order chi connectivity index (χ1) is 20.3. The van der Waals surface area contributed by atoms with Crippen LogP contribution in [-0.2, 0) is 22.6 Å². The third kappa shape index (κ3) is 13.2. The van der Waals surface area contributed by atoms with Crippen LogP contribution < -0.4 is 20.1 Å². The van der Waals surface area contributed by atoms with E-state index in [4.69, 9.17) is 14.2 Å². The summed E-state index contributed by atoms with van der Waals surface area (Å²) < 4.78 is 17.2. The van der Waals surface area contributed by atoms with E-state index in [1.165, 1.54) is 0 Å². The molecule has 0 unspecified atom stereocenters. The number of nitrogens with zero attached hydrogens (tertiary/aromatic N) is 1. The number of hydrogen-bond acceptors (Lipinski definition) is 7. The van der Waals surface area contributed by atoms with Crippen molar-refractivity contribution in [1.82, 2.24) is 15.6 Å². The second-order valence-electron chi connectivity index (χ2n) is 12.7. The highest BCUT2D eigenvalue weighted by Crippen LogP contribution is 2.32. The minimum absolute atomic E-state index is 0.0959. The van der Waals surface area contributed by atoms with Crippen LogP contribution in [0.5, 0.6) is 11.5 Å². The first kappa shape index (κ1) is 35.9. The van der Waals surface area contributed by atoms with Gasteiger partial charge in [0, 0.05) is 24.9 Å². The van der Waals surface area contributed by atoms with Crippen molar-refractivity contribution in [1.29, 1.82) is 0 Å². The Morgan fingerprint density at radius 1 is 1.00 bits per heavy atom. The van der Waals surface area contributed by atoms with Crippen molar-refractivity contribution in [3.05, 3.63) is 53.9 Å². The number of rotatable bonds is 17. The molecule has 2 rings (SSSR count). The molecule has 0 saturated heterocycles. The number of nitrogens with one attached hydrogen (secondary N) is 2. The van der Waals surface area contributed by atoms with Crippen molar-refractivity contribution in [2.24, 2.45) is 17.8 Å². The molecule has 3 N–H and O–H groups in total. The number of alkyl carbamates (subject to hydrolysis) is 1. The molecule has 4 atom stereocenters. The minimum atomic E-state index is -0.934. The van der Waals surface area contributed by atoms with Gasteiger partial charge in [0.1, 0.15) is 12.2 Å².